The molecular weight excluding hydrogens is 196 g/mol. The normalized spacial score (nSPS) is 10.4. The largest absolute Gasteiger partial charge is 0.395 e. The molecule has 0 radical (unpaired) electrons. The lowest BCUT2D eigenvalue weighted by Crippen LogP contribution is -2.37. The van der Waals surface area contributed by atoms with Gasteiger partial charge in [-0.1, -0.05) is 13.8 Å². The summed E-state index contributed by atoms with van der Waals surface area (Å²) in [6, 6.07) is -0.243. The summed E-state index contributed by atoms with van der Waals surface area (Å²) >= 11 is 0. The fraction of sp³-hybridized carbons (Fsp3) is 0.900. The Morgan fingerprint density at radius 3 is 2.60 bits per heavy atom. The molecule has 0 heterocycles. The van der Waals surface area contributed by atoms with Gasteiger partial charge in [-0.2, -0.15) is 0 Å². The highest BCUT2D eigenvalue weighted by Gasteiger charge is 1.97. The number of amides is 2. The number of hydrogen-bond acceptors (Lipinski definition) is 3. The smallest absolute Gasteiger partial charge is 0.314 e. The number of ether oxygens (including phenoxy) is 1. The van der Waals surface area contributed by atoms with Crippen LogP contribution in [-0.4, -0.2) is 44.0 Å². The van der Waals surface area contributed by atoms with Gasteiger partial charge in [0.05, 0.1) is 6.61 Å². The Hall–Kier alpha value is -0.810. The van der Waals surface area contributed by atoms with Gasteiger partial charge in [-0.3, -0.25) is 0 Å². The van der Waals surface area contributed by atoms with Gasteiger partial charge in [0.2, 0.25) is 0 Å². The summed E-state index contributed by atoms with van der Waals surface area (Å²) in [6.07, 6.45) is 0.805. The van der Waals surface area contributed by atoms with Crippen LogP contribution in [0.4, 0.5) is 4.79 Å². The van der Waals surface area contributed by atoms with Gasteiger partial charge in [0.1, 0.15) is 0 Å². The second-order valence-corrected chi connectivity index (χ2v) is 3.73. The molecule has 5 nitrogen and oxygen atoms in total. The van der Waals surface area contributed by atoms with Gasteiger partial charge >= 0.3 is 6.03 Å². The third-order valence-corrected chi connectivity index (χ3v) is 1.60. The van der Waals surface area contributed by atoms with E-state index < -0.39 is 0 Å². The zero-order valence-electron chi connectivity index (χ0n) is 9.58. The SMILES string of the molecule is CC(C)COCCCNC(=O)NCCO. The molecule has 0 saturated carbocycles. The van der Waals surface area contributed by atoms with Crippen molar-refractivity contribution in [3.63, 3.8) is 0 Å². The first kappa shape index (κ1) is 14.2. The molecule has 0 aromatic rings. The fourth-order valence-corrected chi connectivity index (χ4v) is 0.927. The van der Waals surface area contributed by atoms with Crippen molar-refractivity contribution < 1.29 is 14.6 Å². The van der Waals surface area contributed by atoms with Crippen LogP contribution in [0.15, 0.2) is 0 Å². The maximum absolute atomic E-state index is 11.0. The number of rotatable bonds is 8. The number of carbonyl (C=O) groups excluding carboxylic acids is 1. The first-order valence-electron chi connectivity index (χ1n) is 5.37. The van der Waals surface area contributed by atoms with Crippen molar-refractivity contribution in [1.29, 1.82) is 0 Å². The molecular formula is C10H22N2O3. The van der Waals surface area contributed by atoms with E-state index in [0.717, 1.165) is 13.0 Å². The average molecular weight is 218 g/mol. The molecule has 90 valence electrons. The summed E-state index contributed by atoms with van der Waals surface area (Å²) in [6.45, 7) is 6.46. The van der Waals surface area contributed by atoms with E-state index in [2.05, 4.69) is 24.5 Å². The molecule has 0 aromatic heterocycles. The molecule has 15 heavy (non-hydrogen) atoms. The van der Waals surface area contributed by atoms with E-state index in [9.17, 15) is 4.79 Å². The molecule has 0 unspecified atom stereocenters. The number of aliphatic hydroxyl groups is 1. The van der Waals surface area contributed by atoms with E-state index in [1.165, 1.54) is 0 Å². The molecule has 5 heteroatoms. The molecule has 3 N–H and O–H groups in total. The molecule has 0 rings (SSSR count). The average Bonchev–Trinajstić information content (AvgIpc) is 2.19. The lowest BCUT2D eigenvalue weighted by atomic mass is 10.2. The zero-order valence-corrected chi connectivity index (χ0v) is 9.58. The van der Waals surface area contributed by atoms with Gasteiger partial charge in [-0.05, 0) is 12.3 Å². The van der Waals surface area contributed by atoms with Crippen LogP contribution in [0.25, 0.3) is 0 Å². The molecule has 0 aromatic carbocycles. The summed E-state index contributed by atoms with van der Waals surface area (Å²) in [5.74, 6) is 0.547. The monoisotopic (exact) mass is 218 g/mol. The minimum Gasteiger partial charge on any atom is -0.395 e. The van der Waals surface area contributed by atoms with Crippen molar-refractivity contribution >= 4 is 6.03 Å². The first-order valence-corrected chi connectivity index (χ1v) is 5.37. The third kappa shape index (κ3) is 11.1. The Labute approximate surface area is 91.2 Å². The third-order valence-electron chi connectivity index (χ3n) is 1.60. The summed E-state index contributed by atoms with van der Waals surface area (Å²) in [5, 5.41) is 13.6. The van der Waals surface area contributed by atoms with Crippen LogP contribution in [0.5, 0.6) is 0 Å². The summed E-state index contributed by atoms with van der Waals surface area (Å²) < 4.78 is 5.35. The van der Waals surface area contributed by atoms with Crippen LogP contribution in [0.2, 0.25) is 0 Å². The number of hydrogen-bond donors (Lipinski definition) is 3. The van der Waals surface area contributed by atoms with Crippen molar-refractivity contribution in [1.82, 2.24) is 10.6 Å². The summed E-state index contributed by atoms with van der Waals surface area (Å²) in [7, 11) is 0. The van der Waals surface area contributed by atoms with Crippen molar-refractivity contribution in [3.8, 4) is 0 Å². The van der Waals surface area contributed by atoms with Crippen molar-refractivity contribution in [2.45, 2.75) is 20.3 Å². The predicted octanol–water partition coefficient (Wildman–Crippen LogP) is 0.341. The van der Waals surface area contributed by atoms with E-state index in [1.54, 1.807) is 0 Å². The minimum absolute atomic E-state index is 0.0368. The lowest BCUT2D eigenvalue weighted by Gasteiger charge is -2.08. The molecule has 0 aliphatic carbocycles. The number of nitrogens with one attached hydrogen (secondary N) is 2. The molecule has 2 amide bonds. The highest BCUT2D eigenvalue weighted by molar-refractivity contribution is 5.73. The van der Waals surface area contributed by atoms with E-state index in [0.29, 0.717) is 19.1 Å². The Balaban J connectivity index is 3.13. The Kier molecular flexibility index (Phi) is 9.21. The van der Waals surface area contributed by atoms with E-state index in [1.807, 2.05) is 0 Å². The molecule has 0 aliphatic heterocycles. The lowest BCUT2D eigenvalue weighted by molar-refractivity contribution is 0.108. The fourth-order valence-electron chi connectivity index (χ4n) is 0.927. The topological polar surface area (TPSA) is 70.6 Å². The Morgan fingerprint density at radius 2 is 2.00 bits per heavy atom. The van der Waals surface area contributed by atoms with E-state index in [4.69, 9.17) is 9.84 Å². The number of carbonyl (C=O) groups is 1. The van der Waals surface area contributed by atoms with Crippen LogP contribution in [-0.2, 0) is 4.74 Å². The van der Waals surface area contributed by atoms with Gasteiger partial charge in [-0.25, -0.2) is 4.79 Å². The zero-order chi connectivity index (χ0) is 11.5. The quantitative estimate of drug-likeness (QED) is 0.514. The predicted molar refractivity (Wildman–Crippen MR) is 58.8 cm³/mol. The summed E-state index contributed by atoms with van der Waals surface area (Å²) in [4.78, 5) is 11.0. The van der Waals surface area contributed by atoms with E-state index >= 15 is 0 Å². The maximum Gasteiger partial charge on any atom is 0.314 e. The highest BCUT2D eigenvalue weighted by atomic mass is 16.5. The van der Waals surface area contributed by atoms with Gasteiger partial charge in [-0.15, -0.1) is 0 Å². The Bertz CT molecular complexity index is 163. The van der Waals surface area contributed by atoms with E-state index in [-0.39, 0.29) is 19.2 Å². The van der Waals surface area contributed by atoms with Crippen LogP contribution < -0.4 is 10.6 Å². The molecule has 0 saturated heterocycles. The second-order valence-electron chi connectivity index (χ2n) is 3.73. The van der Waals surface area contributed by atoms with Gasteiger partial charge in [0.25, 0.3) is 0 Å². The minimum atomic E-state index is -0.243. The number of urea groups is 1. The first-order chi connectivity index (χ1) is 7.16. The van der Waals surface area contributed by atoms with Crippen molar-refractivity contribution in [2.75, 3.05) is 32.9 Å². The highest BCUT2D eigenvalue weighted by Crippen LogP contribution is 1.92. The van der Waals surface area contributed by atoms with Crippen LogP contribution >= 0.6 is 0 Å². The van der Waals surface area contributed by atoms with Crippen molar-refractivity contribution in [3.05, 3.63) is 0 Å². The van der Waals surface area contributed by atoms with Crippen LogP contribution in [0.3, 0.4) is 0 Å². The molecule has 0 bridgehead atoms. The van der Waals surface area contributed by atoms with Gasteiger partial charge in [0, 0.05) is 26.3 Å². The Morgan fingerprint density at radius 1 is 1.33 bits per heavy atom. The number of aliphatic hydroxyl groups excluding tert-OH is 1. The molecule has 0 fully saturated rings. The van der Waals surface area contributed by atoms with Crippen molar-refractivity contribution in [2.24, 2.45) is 5.92 Å². The molecule has 0 aliphatic rings. The van der Waals surface area contributed by atoms with Gasteiger partial charge < -0.3 is 20.5 Å². The molecule has 0 atom stereocenters. The van der Waals surface area contributed by atoms with Crippen LogP contribution in [0.1, 0.15) is 20.3 Å². The second kappa shape index (κ2) is 9.73. The van der Waals surface area contributed by atoms with Gasteiger partial charge in [0.15, 0.2) is 0 Å². The summed E-state index contributed by atoms with van der Waals surface area (Å²) in [5.41, 5.74) is 0. The molecule has 0 spiro atoms. The maximum atomic E-state index is 11.0. The standard InChI is InChI=1S/C10H22N2O3/c1-9(2)8-15-7-3-4-11-10(14)12-5-6-13/h9,13H,3-8H2,1-2H3,(H2,11,12,14). The van der Waals surface area contributed by atoms with Crippen LogP contribution in [0, 0.1) is 5.92 Å².